The molecule has 1 aromatic rings. The molecule has 0 unspecified atom stereocenters. The number of rotatable bonds is 4. The summed E-state index contributed by atoms with van der Waals surface area (Å²) >= 11 is 6.64. The molecule has 0 aliphatic heterocycles. The normalized spacial score (nSPS) is 12.2. The Kier molecular flexibility index (Phi) is 6.05. The molecule has 1 aromatic carbocycles. The molecule has 0 saturated heterocycles. The first-order chi connectivity index (χ1) is 7.40. The summed E-state index contributed by atoms with van der Waals surface area (Å²) in [6.45, 7) is 1.76. The Labute approximate surface area is 135 Å². The Balaban J connectivity index is 2.85. The van der Waals surface area contributed by atoms with Crippen molar-refractivity contribution in [1.29, 1.82) is 0 Å². The van der Waals surface area contributed by atoms with Crippen molar-refractivity contribution in [3.63, 3.8) is 0 Å². The summed E-state index contributed by atoms with van der Waals surface area (Å²) in [6, 6.07) is 4.01. The third-order valence-electron chi connectivity index (χ3n) is 1.74. The summed E-state index contributed by atoms with van der Waals surface area (Å²) in [5.74, 6) is -0.0709. The Morgan fingerprint density at radius 3 is 2.31 bits per heavy atom. The van der Waals surface area contributed by atoms with E-state index in [-0.39, 0.29) is 12.5 Å². The van der Waals surface area contributed by atoms with E-state index < -0.39 is 5.97 Å². The van der Waals surface area contributed by atoms with Crippen molar-refractivity contribution in [1.82, 2.24) is 0 Å². The second-order valence-corrected chi connectivity index (χ2v) is 6.79. The zero-order valence-electron chi connectivity index (χ0n) is 8.34. The molecule has 1 N–H and O–H groups in total. The van der Waals surface area contributed by atoms with Gasteiger partial charge >= 0.3 is 5.97 Å². The van der Waals surface area contributed by atoms with Crippen molar-refractivity contribution in [3.8, 4) is 5.75 Å². The topological polar surface area (TPSA) is 46.5 Å². The van der Waals surface area contributed by atoms with E-state index >= 15 is 0 Å². The van der Waals surface area contributed by atoms with E-state index in [1.807, 2.05) is 12.1 Å². The van der Waals surface area contributed by atoms with Crippen LogP contribution in [-0.2, 0) is 4.79 Å². The van der Waals surface area contributed by atoms with E-state index in [9.17, 15) is 4.79 Å². The van der Waals surface area contributed by atoms with Crippen molar-refractivity contribution in [2.24, 2.45) is 0 Å². The van der Waals surface area contributed by atoms with Gasteiger partial charge in [-0.25, -0.2) is 0 Å². The number of hydrogen-bond donors (Lipinski definition) is 1. The SMILES string of the molecule is C[C@H](CC(=O)O)Oc1c(I)cc(I)cc1I. The van der Waals surface area contributed by atoms with Gasteiger partial charge in [-0.3, -0.25) is 4.79 Å². The van der Waals surface area contributed by atoms with Crippen molar-refractivity contribution in [2.45, 2.75) is 19.4 Å². The van der Waals surface area contributed by atoms with E-state index in [0.29, 0.717) is 0 Å². The van der Waals surface area contributed by atoms with Gasteiger partial charge in [0.15, 0.2) is 0 Å². The van der Waals surface area contributed by atoms with Gasteiger partial charge in [0.25, 0.3) is 0 Å². The van der Waals surface area contributed by atoms with Crippen LogP contribution < -0.4 is 4.74 Å². The van der Waals surface area contributed by atoms with Crippen LogP contribution in [0.1, 0.15) is 13.3 Å². The summed E-state index contributed by atoms with van der Waals surface area (Å²) in [6.07, 6.45) is -0.308. The van der Waals surface area contributed by atoms with Gasteiger partial charge in [-0.1, -0.05) is 0 Å². The molecule has 0 aliphatic rings. The molecular weight excluding hydrogens is 549 g/mol. The van der Waals surface area contributed by atoms with Gasteiger partial charge in [0.2, 0.25) is 0 Å². The Bertz CT molecular complexity index is 383. The standard InChI is InChI=1S/C10H9I3O3/c1-5(2-9(14)15)16-10-7(12)3-6(11)4-8(10)13/h3-5H,2H2,1H3,(H,14,15)/t5-/m1/s1. The highest BCUT2D eigenvalue weighted by Crippen LogP contribution is 2.30. The fourth-order valence-corrected chi connectivity index (χ4v) is 4.97. The quantitative estimate of drug-likeness (QED) is 0.574. The van der Waals surface area contributed by atoms with Crippen LogP contribution in [0.5, 0.6) is 5.75 Å². The minimum Gasteiger partial charge on any atom is -0.488 e. The van der Waals surface area contributed by atoms with Crippen LogP contribution in [-0.4, -0.2) is 17.2 Å². The smallest absolute Gasteiger partial charge is 0.307 e. The molecule has 1 rings (SSSR count). The van der Waals surface area contributed by atoms with E-state index in [1.165, 1.54) is 0 Å². The molecule has 0 heterocycles. The third kappa shape index (κ3) is 4.51. The van der Waals surface area contributed by atoms with Crippen LogP contribution in [0.15, 0.2) is 12.1 Å². The molecule has 0 saturated carbocycles. The lowest BCUT2D eigenvalue weighted by Gasteiger charge is -2.15. The molecule has 0 aromatic heterocycles. The van der Waals surface area contributed by atoms with Gasteiger partial charge in [-0.15, -0.1) is 0 Å². The predicted molar refractivity (Wildman–Crippen MR) is 86.9 cm³/mol. The molecule has 3 nitrogen and oxygen atoms in total. The first kappa shape index (κ1) is 14.7. The largest absolute Gasteiger partial charge is 0.488 e. The van der Waals surface area contributed by atoms with Gasteiger partial charge in [0.1, 0.15) is 11.9 Å². The zero-order chi connectivity index (χ0) is 12.3. The third-order valence-corrected chi connectivity index (χ3v) is 3.97. The van der Waals surface area contributed by atoms with Gasteiger partial charge in [-0.05, 0) is 86.8 Å². The van der Waals surface area contributed by atoms with Gasteiger partial charge < -0.3 is 9.84 Å². The Hall–Kier alpha value is 0.680. The number of carbonyl (C=O) groups is 1. The maximum Gasteiger partial charge on any atom is 0.307 e. The molecule has 16 heavy (non-hydrogen) atoms. The molecule has 0 amide bonds. The lowest BCUT2D eigenvalue weighted by atomic mass is 10.3. The summed E-state index contributed by atoms with van der Waals surface area (Å²) in [4.78, 5) is 10.5. The maximum atomic E-state index is 10.5. The fraction of sp³-hybridized carbons (Fsp3) is 0.300. The molecule has 0 radical (unpaired) electrons. The van der Waals surface area contributed by atoms with Crippen molar-refractivity contribution >= 4 is 73.7 Å². The molecular formula is C10H9I3O3. The first-order valence-corrected chi connectivity index (χ1v) is 7.66. The van der Waals surface area contributed by atoms with Crippen molar-refractivity contribution in [2.75, 3.05) is 0 Å². The molecule has 0 aliphatic carbocycles. The second kappa shape index (κ2) is 6.57. The average molecular weight is 558 g/mol. The molecule has 0 spiro atoms. The maximum absolute atomic E-state index is 10.5. The van der Waals surface area contributed by atoms with Crippen molar-refractivity contribution < 1.29 is 14.6 Å². The zero-order valence-corrected chi connectivity index (χ0v) is 14.8. The van der Waals surface area contributed by atoms with Crippen LogP contribution in [0.3, 0.4) is 0 Å². The number of carboxylic acid groups (broad SMARTS) is 1. The first-order valence-electron chi connectivity index (χ1n) is 4.43. The summed E-state index contributed by atoms with van der Waals surface area (Å²) in [5, 5.41) is 8.66. The highest BCUT2D eigenvalue weighted by molar-refractivity contribution is 14.1. The predicted octanol–water partition coefficient (Wildman–Crippen LogP) is 3.74. The second-order valence-electron chi connectivity index (χ2n) is 3.22. The molecule has 1 atom stereocenters. The minimum absolute atomic E-state index is 0.0121. The minimum atomic E-state index is -0.844. The summed E-state index contributed by atoms with van der Waals surface area (Å²) in [7, 11) is 0. The summed E-state index contributed by atoms with van der Waals surface area (Å²) < 4.78 is 8.80. The molecule has 88 valence electrons. The lowest BCUT2D eigenvalue weighted by Crippen LogP contribution is -2.17. The van der Waals surface area contributed by atoms with Crippen LogP contribution in [0.2, 0.25) is 0 Å². The van der Waals surface area contributed by atoms with E-state index in [1.54, 1.807) is 6.92 Å². The van der Waals surface area contributed by atoms with E-state index in [0.717, 1.165) is 16.5 Å². The molecule has 6 heteroatoms. The van der Waals surface area contributed by atoms with E-state index in [4.69, 9.17) is 9.84 Å². The number of hydrogen-bond acceptors (Lipinski definition) is 2. The molecule has 0 bridgehead atoms. The van der Waals surface area contributed by atoms with Gasteiger partial charge in [-0.2, -0.15) is 0 Å². The Morgan fingerprint density at radius 2 is 1.88 bits per heavy atom. The highest BCUT2D eigenvalue weighted by Gasteiger charge is 2.14. The number of ether oxygens (including phenoxy) is 1. The van der Waals surface area contributed by atoms with Crippen LogP contribution >= 0.6 is 67.8 Å². The van der Waals surface area contributed by atoms with Crippen molar-refractivity contribution in [3.05, 3.63) is 22.8 Å². The summed E-state index contributed by atoms with van der Waals surface area (Å²) in [5.41, 5.74) is 0. The van der Waals surface area contributed by atoms with Crippen LogP contribution in [0.4, 0.5) is 0 Å². The van der Waals surface area contributed by atoms with Crippen LogP contribution in [0, 0.1) is 10.7 Å². The number of aliphatic carboxylic acids is 1. The fourth-order valence-electron chi connectivity index (χ4n) is 1.13. The molecule has 0 fully saturated rings. The lowest BCUT2D eigenvalue weighted by molar-refractivity contribution is -0.138. The van der Waals surface area contributed by atoms with Crippen LogP contribution in [0.25, 0.3) is 0 Å². The monoisotopic (exact) mass is 558 g/mol. The average Bonchev–Trinajstić information content (AvgIpc) is 2.09. The van der Waals surface area contributed by atoms with Gasteiger partial charge in [0.05, 0.1) is 13.6 Å². The van der Waals surface area contributed by atoms with E-state index in [2.05, 4.69) is 67.8 Å². The Morgan fingerprint density at radius 1 is 1.38 bits per heavy atom. The number of halogens is 3. The number of benzene rings is 1. The highest BCUT2D eigenvalue weighted by atomic mass is 127. The van der Waals surface area contributed by atoms with Gasteiger partial charge in [0, 0.05) is 3.57 Å². The number of carboxylic acids is 1.